The number of amides is 2. The number of hydrogen-bond donors (Lipinski definition) is 2. The number of benzene rings is 2. The molecule has 0 radical (unpaired) electrons. The minimum atomic E-state index is -4.67. The second-order valence-electron chi connectivity index (χ2n) is 8.59. The summed E-state index contributed by atoms with van der Waals surface area (Å²) in [6.45, 7) is 1.35. The van der Waals surface area contributed by atoms with Crippen LogP contribution in [0.5, 0.6) is 0 Å². The average molecular weight is 501 g/mol. The Labute approximate surface area is 204 Å². The van der Waals surface area contributed by atoms with Crippen LogP contribution in [0.3, 0.4) is 0 Å². The lowest BCUT2D eigenvalue weighted by molar-refractivity contribution is -0.137. The van der Waals surface area contributed by atoms with E-state index in [4.69, 9.17) is 11.6 Å². The van der Waals surface area contributed by atoms with Crippen molar-refractivity contribution in [2.45, 2.75) is 24.6 Å². The highest BCUT2D eigenvalue weighted by atomic mass is 35.5. The molecule has 2 N–H and O–H groups in total. The van der Waals surface area contributed by atoms with E-state index in [1.54, 1.807) is 11.0 Å². The summed E-state index contributed by atoms with van der Waals surface area (Å²) in [4.78, 5) is 31.6. The summed E-state index contributed by atoms with van der Waals surface area (Å²) in [5.74, 6) is -1.17. The van der Waals surface area contributed by atoms with Crippen LogP contribution in [0.4, 0.5) is 24.7 Å². The summed E-state index contributed by atoms with van der Waals surface area (Å²) in [7, 11) is 0. The van der Waals surface area contributed by atoms with Crippen LogP contribution in [0.2, 0.25) is 5.02 Å². The van der Waals surface area contributed by atoms with Gasteiger partial charge in [-0.2, -0.15) is 13.2 Å². The minimum Gasteiger partial charge on any atom is -0.308 e. The van der Waals surface area contributed by atoms with Crippen LogP contribution in [-0.2, 0) is 11.7 Å². The Morgan fingerprint density at radius 3 is 2.57 bits per heavy atom. The Morgan fingerprint density at radius 1 is 1.11 bits per heavy atom. The van der Waals surface area contributed by atoms with E-state index in [-0.39, 0.29) is 17.3 Å². The first-order chi connectivity index (χ1) is 16.7. The third kappa shape index (κ3) is 4.49. The minimum absolute atomic E-state index is 0.0349. The Hall–Kier alpha value is -3.43. The lowest BCUT2D eigenvalue weighted by atomic mass is 9.94. The molecule has 3 aromatic rings. The van der Waals surface area contributed by atoms with Gasteiger partial charge in [-0.3, -0.25) is 9.59 Å². The summed E-state index contributed by atoms with van der Waals surface area (Å²) >= 11 is 6.23. The van der Waals surface area contributed by atoms with Gasteiger partial charge < -0.3 is 15.5 Å². The molecule has 10 heteroatoms. The van der Waals surface area contributed by atoms with Crippen molar-refractivity contribution >= 4 is 34.9 Å². The third-order valence-corrected chi connectivity index (χ3v) is 6.56. The van der Waals surface area contributed by atoms with Gasteiger partial charge in [-0.1, -0.05) is 23.7 Å². The molecule has 0 aliphatic carbocycles. The topological polar surface area (TPSA) is 84.2 Å². The molecule has 35 heavy (non-hydrogen) atoms. The second-order valence-corrected chi connectivity index (χ2v) is 9.02. The molecule has 2 aromatic carbocycles. The summed E-state index contributed by atoms with van der Waals surface area (Å²) < 4.78 is 39.7. The van der Waals surface area contributed by atoms with E-state index in [2.05, 4.69) is 15.6 Å². The van der Waals surface area contributed by atoms with E-state index < -0.39 is 23.2 Å². The molecular weight excluding hydrogens is 481 g/mol. The number of rotatable bonds is 3. The number of halogens is 4. The zero-order chi connectivity index (χ0) is 24.8. The van der Waals surface area contributed by atoms with Crippen LogP contribution in [0.1, 0.15) is 44.7 Å². The summed E-state index contributed by atoms with van der Waals surface area (Å²) in [6, 6.07) is 12.9. The molecule has 1 atom stereocenters. The number of aromatic nitrogens is 1. The van der Waals surface area contributed by atoms with E-state index in [0.717, 1.165) is 42.8 Å². The summed E-state index contributed by atoms with van der Waals surface area (Å²) in [5, 5.41) is 6.37. The number of pyridine rings is 1. The maximum absolute atomic E-state index is 13.4. The molecule has 6 nitrogen and oxygen atoms in total. The third-order valence-electron chi connectivity index (χ3n) is 6.33. The van der Waals surface area contributed by atoms with Gasteiger partial charge >= 0.3 is 6.18 Å². The number of nitrogens with one attached hydrogen (secondary N) is 2. The maximum Gasteiger partial charge on any atom is 0.417 e. The summed E-state index contributed by atoms with van der Waals surface area (Å²) in [6.07, 6.45) is -1.68. The lowest BCUT2D eigenvalue weighted by Crippen LogP contribution is -2.32. The van der Waals surface area contributed by atoms with Crippen molar-refractivity contribution in [1.82, 2.24) is 10.3 Å². The van der Waals surface area contributed by atoms with E-state index >= 15 is 0 Å². The number of hydrogen-bond acceptors (Lipinski definition) is 4. The first-order valence-corrected chi connectivity index (χ1v) is 11.4. The molecule has 5 rings (SSSR count). The Bertz CT molecular complexity index is 1310. The second kappa shape index (κ2) is 8.66. The number of nitrogens with zero attached hydrogens (tertiary/aromatic N) is 2. The van der Waals surface area contributed by atoms with Gasteiger partial charge in [-0.15, -0.1) is 0 Å². The standard InChI is InChI=1S/C25H20ClF3N4O2/c26-16-7-8-20-19(12-16)24(14-31-24)10-3-11-33(20)23(35)15-6-9-21(30-13-15)32-22(34)17-4-1-2-5-18(17)25(27,28)29/h1-2,4-9,12-13,31H,3,10-11,14H2,(H,30,32,34). The molecule has 1 unspecified atom stereocenters. The molecule has 1 saturated heterocycles. The highest BCUT2D eigenvalue weighted by Gasteiger charge is 2.47. The zero-order valence-corrected chi connectivity index (χ0v) is 19.1. The molecule has 1 fully saturated rings. The van der Waals surface area contributed by atoms with Crippen LogP contribution >= 0.6 is 11.6 Å². The highest BCUT2D eigenvalue weighted by Crippen LogP contribution is 2.44. The maximum atomic E-state index is 13.4. The van der Waals surface area contributed by atoms with Crippen LogP contribution in [0.15, 0.2) is 60.8 Å². The first kappa shape index (κ1) is 23.3. The molecular formula is C25H20ClF3N4O2. The van der Waals surface area contributed by atoms with Crippen molar-refractivity contribution in [2.75, 3.05) is 23.3 Å². The van der Waals surface area contributed by atoms with Crippen molar-refractivity contribution in [3.63, 3.8) is 0 Å². The Morgan fingerprint density at radius 2 is 1.89 bits per heavy atom. The number of fused-ring (bicyclic) bond motifs is 2. The molecule has 180 valence electrons. The normalized spacial score (nSPS) is 19.1. The predicted molar refractivity (Wildman–Crippen MR) is 126 cm³/mol. The van der Waals surface area contributed by atoms with Crippen LogP contribution < -0.4 is 15.5 Å². The van der Waals surface area contributed by atoms with Gasteiger partial charge in [0.2, 0.25) is 0 Å². The van der Waals surface area contributed by atoms with Crippen molar-refractivity contribution < 1.29 is 22.8 Å². The molecule has 2 aliphatic heterocycles. The van der Waals surface area contributed by atoms with Gasteiger partial charge in [0.25, 0.3) is 11.8 Å². The van der Waals surface area contributed by atoms with Crippen LogP contribution in [-0.4, -0.2) is 29.9 Å². The molecule has 2 aliphatic rings. The number of anilines is 2. The number of carbonyl (C=O) groups excluding carboxylic acids is 2. The van der Waals surface area contributed by atoms with E-state index in [1.165, 1.54) is 30.5 Å². The van der Waals surface area contributed by atoms with Gasteiger partial charge in [0.05, 0.1) is 22.2 Å². The van der Waals surface area contributed by atoms with Crippen LogP contribution in [0.25, 0.3) is 0 Å². The van der Waals surface area contributed by atoms with Gasteiger partial charge in [0.1, 0.15) is 5.82 Å². The predicted octanol–water partition coefficient (Wildman–Crippen LogP) is 5.25. The van der Waals surface area contributed by atoms with E-state index in [0.29, 0.717) is 17.1 Å². The zero-order valence-electron chi connectivity index (χ0n) is 18.3. The van der Waals surface area contributed by atoms with Crippen molar-refractivity contribution in [2.24, 2.45) is 0 Å². The number of alkyl halides is 3. The summed E-state index contributed by atoms with van der Waals surface area (Å²) in [5.41, 5.74) is 0.351. The quantitative estimate of drug-likeness (QED) is 0.481. The molecule has 1 aromatic heterocycles. The molecule has 3 heterocycles. The monoisotopic (exact) mass is 500 g/mol. The van der Waals surface area contributed by atoms with Gasteiger partial charge in [0, 0.05) is 30.0 Å². The Balaban J connectivity index is 1.36. The average Bonchev–Trinajstić information content (AvgIpc) is 3.64. The first-order valence-electron chi connectivity index (χ1n) is 11.0. The fourth-order valence-electron chi connectivity index (χ4n) is 4.47. The number of carbonyl (C=O) groups is 2. The van der Waals surface area contributed by atoms with Gasteiger partial charge in [0.15, 0.2) is 0 Å². The van der Waals surface area contributed by atoms with Crippen molar-refractivity contribution in [3.05, 3.63) is 88.1 Å². The largest absolute Gasteiger partial charge is 0.417 e. The van der Waals surface area contributed by atoms with Gasteiger partial charge in [-0.25, -0.2) is 4.98 Å². The van der Waals surface area contributed by atoms with Gasteiger partial charge in [-0.05, 0) is 60.9 Å². The Kier molecular flexibility index (Phi) is 5.77. The molecule has 0 saturated carbocycles. The molecule has 2 amide bonds. The van der Waals surface area contributed by atoms with Crippen LogP contribution in [0, 0.1) is 0 Å². The van der Waals surface area contributed by atoms with E-state index in [9.17, 15) is 22.8 Å². The molecule has 1 spiro atoms. The lowest BCUT2D eigenvalue weighted by Gasteiger charge is -2.24. The highest BCUT2D eigenvalue weighted by molar-refractivity contribution is 6.30. The SMILES string of the molecule is O=C(Nc1ccc(C(=O)N2CCCC3(CN3)c3cc(Cl)ccc32)cn1)c1ccccc1C(F)(F)F. The van der Waals surface area contributed by atoms with E-state index in [1.807, 2.05) is 12.1 Å². The van der Waals surface area contributed by atoms with Crippen molar-refractivity contribution in [1.29, 1.82) is 0 Å². The smallest absolute Gasteiger partial charge is 0.308 e. The van der Waals surface area contributed by atoms with Crippen molar-refractivity contribution in [3.8, 4) is 0 Å². The molecule has 0 bridgehead atoms. The fraction of sp³-hybridized carbons (Fsp3) is 0.240. The fourth-order valence-corrected chi connectivity index (χ4v) is 4.64.